The first-order valence-corrected chi connectivity index (χ1v) is 10.5. The average Bonchev–Trinajstić information content (AvgIpc) is 3.29. The van der Waals surface area contributed by atoms with Crippen molar-refractivity contribution in [3.63, 3.8) is 0 Å². The van der Waals surface area contributed by atoms with E-state index in [1.54, 1.807) is 0 Å². The highest BCUT2D eigenvalue weighted by Gasteiger charge is 2.76. The largest absolute Gasteiger partial charge is 0.454 e. The number of carbonyl (C=O) groups excluding carboxylic acids is 2. The van der Waals surface area contributed by atoms with Crippen molar-refractivity contribution >= 4 is 11.9 Å². The van der Waals surface area contributed by atoms with E-state index in [0.29, 0.717) is 19.5 Å². The molecule has 1 saturated carbocycles. The molecule has 2 atom stereocenters. The molecule has 2 saturated heterocycles. The van der Waals surface area contributed by atoms with Crippen LogP contribution in [0.4, 0.5) is 0 Å². The molecule has 1 aromatic rings. The Morgan fingerprint density at radius 3 is 2.48 bits per heavy atom. The number of fused-ring (bicyclic) bond motifs is 3. The summed E-state index contributed by atoms with van der Waals surface area (Å²) in [5.74, 6) is 1.40. The highest BCUT2D eigenvalue weighted by molar-refractivity contribution is 5.96. The van der Waals surface area contributed by atoms with E-state index in [1.807, 2.05) is 37.8 Å². The normalized spacial score (nSPS) is 32.5. The van der Waals surface area contributed by atoms with Crippen LogP contribution in [0.25, 0.3) is 0 Å². The van der Waals surface area contributed by atoms with Gasteiger partial charge < -0.3 is 24.0 Å². The van der Waals surface area contributed by atoms with E-state index in [0.717, 1.165) is 37.6 Å². The third-order valence-electron chi connectivity index (χ3n) is 8.08. The van der Waals surface area contributed by atoms with Crippen LogP contribution in [0.3, 0.4) is 0 Å². The van der Waals surface area contributed by atoms with Crippen LogP contribution in [0.15, 0.2) is 18.2 Å². The van der Waals surface area contributed by atoms with E-state index in [2.05, 4.69) is 6.07 Å². The van der Waals surface area contributed by atoms with Crippen molar-refractivity contribution in [2.45, 2.75) is 45.8 Å². The fraction of sp³-hybridized carbons (Fsp3) is 0.636. The molecule has 2 bridgehead atoms. The van der Waals surface area contributed by atoms with Crippen LogP contribution in [-0.4, -0.2) is 55.3 Å². The van der Waals surface area contributed by atoms with Gasteiger partial charge in [0.2, 0.25) is 6.79 Å². The minimum absolute atomic E-state index is 0.000737. The molecule has 3 fully saturated rings. The molecule has 5 rings (SSSR count). The van der Waals surface area contributed by atoms with E-state index in [1.165, 1.54) is 10.5 Å². The maximum absolute atomic E-state index is 13.5. The van der Waals surface area contributed by atoms with Crippen LogP contribution < -0.4 is 14.4 Å². The van der Waals surface area contributed by atoms with Crippen molar-refractivity contribution in [1.82, 2.24) is 4.90 Å². The number of piperazine rings is 1. The molecular weight excluding hydrogens is 372 g/mol. The molecule has 0 spiro atoms. The Hall–Kier alpha value is -2.28. The SMILES string of the molecule is CC1(C)[C@@]2(C(=O)N3CC[NH+](Cc4ccc5c(c4)OCO5)CC3)CC[C@]1(C)C(=O)O2. The summed E-state index contributed by atoms with van der Waals surface area (Å²) in [5.41, 5.74) is -0.826. The Morgan fingerprint density at radius 1 is 1.10 bits per heavy atom. The first-order valence-electron chi connectivity index (χ1n) is 10.5. The van der Waals surface area contributed by atoms with Gasteiger partial charge in [-0.3, -0.25) is 9.59 Å². The Kier molecular flexibility index (Phi) is 3.95. The van der Waals surface area contributed by atoms with Gasteiger partial charge in [-0.15, -0.1) is 0 Å². The number of ether oxygens (including phenoxy) is 3. The van der Waals surface area contributed by atoms with Gasteiger partial charge in [0.15, 0.2) is 17.1 Å². The topological polar surface area (TPSA) is 69.5 Å². The second-order valence-corrected chi connectivity index (χ2v) is 9.58. The Morgan fingerprint density at radius 2 is 1.83 bits per heavy atom. The van der Waals surface area contributed by atoms with Crippen molar-refractivity contribution in [2.75, 3.05) is 33.0 Å². The van der Waals surface area contributed by atoms with Crippen LogP contribution in [-0.2, 0) is 20.9 Å². The highest BCUT2D eigenvalue weighted by Crippen LogP contribution is 2.65. The minimum Gasteiger partial charge on any atom is -0.454 e. The van der Waals surface area contributed by atoms with Gasteiger partial charge in [-0.2, -0.15) is 0 Å². The number of esters is 1. The molecule has 29 heavy (non-hydrogen) atoms. The molecule has 156 valence electrons. The minimum atomic E-state index is -0.992. The number of nitrogens with zero attached hydrogens (tertiary/aromatic N) is 1. The molecule has 7 nitrogen and oxygen atoms in total. The summed E-state index contributed by atoms with van der Waals surface area (Å²) in [5, 5.41) is 0. The number of rotatable bonds is 3. The number of hydrogen-bond acceptors (Lipinski definition) is 5. The van der Waals surface area contributed by atoms with Gasteiger partial charge in [0.25, 0.3) is 5.91 Å². The molecule has 0 unspecified atom stereocenters. The molecule has 3 aliphatic heterocycles. The lowest BCUT2D eigenvalue weighted by Gasteiger charge is -2.41. The number of hydrogen-bond donors (Lipinski definition) is 1. The molecule has 0 aromatic heterocycles. The van der Waals surface area contributed by atoms with Gasteiger partial charge >= 0.3 is 5.97 Å². The van der Waals surface area contributed by atoms with Crippen LogP contribution in [0.2, 0.25) is 0 Å². The van der Waals surface area contributed by atoms with Crippen molar-refractivity contribution in [3.05, 3.63) is 23.8 Å². The summed E-state index contributed by atoms with van der Waals surface area (Å²) < 4.78 is 16.6. The van der Waals surface area contributed by atoms with E-state index in [4.69, 9.17) is 14.2 Å². The summed E-state index contributed by atoms with van der Waals surface area (Å²) in [6, 6.07) is 6.09. The maximum atomic E-state index is 13.5. The van der Waals surface area contributed by atoms with Gasteiger partial charge in [0, 0.05) is 11.0 Å². The molecule has 3 heterocycles. The highest BCUT2D eigenvalue weighted by atomic mass is 16.7. The zero-order valence-corrected chi connectivity index (χ0v) is 17.4. The Balaban J connectivity index is 1.24. The number of quaternary nitrogens is 1. The summed E-state index contributed by atoms with van der Waals surface area (Å²) in [6.45, 7) is 10.3. The predicted molar refractivity (Wildman–Crippen MR) is 103 cm³/mol. The Bertz CT molecular complexity index is 876. The number of benzene rings is 1. The van der Waals surface area contributed by atoms with Crippen LogP contribution in [0, 0.1) is 10.8 Å². The van der Waals surface area contributed by atoms with E-state index >= 15 is 0 Å². The number of amides is 1. The monoisotopic (exact) mass is 401 g/mol. The van der Waals surface area contributed by atoms with Crippen molar-refractivity contribution in [1.29, 1.82) is 0 Å². The van der Waals surface area contributed by atoms with Gasteiger partial charge in [-0.1, -0.05) is 13.8 Å². The quantitative estimate of drug-likeness (QED) is 0.758. The number of carbonyl (C=O) groups is 2. The van der Waals surface area contributed by atoms with Crippen molar-refractivity contribution in [3.8, 4) is 11.5 Å². The zero-order chi connectivity index (χ0) is 20.4. The summed E-state index contributed by atoms with van der Waals surface area (Å²) in [4.78, 5) is 29.3. The molecule has 7 heteroatoms. The average molecular weight is 401 g/mol. The number of nitrogens with one attached hydrogen (secondary N) is 1. The maximum Gasteiger partial charge on any atom is 0.313 e. The summed E-state index contributed by atoms with van der Waals surface area (Å²) in [6.07, 6.45) is 1.35. The summed E-state index contributed by atoms with van der Waals surface area (Å²) in [7, 11) is 0. The van der Waals surface area contributed by atoms with Crippen LogP contribution in [0.5, 0.6) is 11.5 Å². The standard InChI is InChI=1S/C22H28N2O5/c1-20(2)21(3)6-7-22(20,29-19(21)26)18(25)24-10-8-23(9-11-24)13-15-4-5-16-17(12-15)28-14-27-16/h4-5,12H,6-11,13-14H2,1-3H3/p+1/t21-,22+/m1/s1. The molecule has 1 N–H and O–H groups in total. The zero-order valence-electron chi connectivity index (χ0n) is 17.4. The first kappa shape index (κ1) is 18.7. The van der Waals surface area contributed by atoms with Gasteiger partial charge in [-0.25, -0.2) is 0 Å². The molecular formula is C22H29N2O5+. The fourth-order valence-electron chi connectivity index (χ4n) is 5.52. The van der Waals surface area contributed by atoms with E-state index < -0.39 is 16.4 Å². The lowest BCUT2D eigenvalue weighted by Crippen LogP contribution is -3.13. The van der Waals surface area contributed by atoms with Gasteiger partial charge in [-0.05, 0) is 38.0 Å². The summed E-state index contributed by atoms with van der Waals surface area (Å²) >= 11 is 0. The molecule has 1 aromatic carbocycles. The molecule has 1 aliphatic carbocycles. The first-order chi connectivity index (χ1) is 13.8. The molecule has 1 amide bonds. The van der Waals surface area contributed by atoms with Crippen molar-refractivity contribution < 1.29 is 28.7 Å². The smallest absolute Gasteiger partial charge is 0.313 e. The van der Waals surface area contributed by atoms with Gasteiger partial charge in [0.1, 0.15) is 6.54 Å². The molecule has 4 aliphatic rings. The molecule has 0 radical (unpaired) electrons. The second-order valence-electron chi connectivity index (χ2n) is 9.58. The van der Waals surface area contributed by atoms with Gasteiger partial charge in [0.05, 0.1) is 31.6 Å². The lowest BCUT2D eigenvalue weighted by molar-refractivity contribution is -0.917. The van der Waals surface area contributed by atoms with Crippen LogP contribution >= 0.6 is 0 Å². The third kappa shape index (κ3) is 2.46. The third-order valence-corrected chi connectivity index (χ3v) is 8.08. The van der Waals surface area contributed by atoms with Crippen LogP contribution in [0.1, 0.15) is 39.2 Å². The van der Waals surface area contributed by atoms with Crippen molar-refractivity contribution in [2.24, 2.45) is 10.8 Å². The lowest BCUT2D eigenvalue weighted by atomic mass is 9.66. The predicted octanol–water partition coefficient (Wildman–Crippen LogP) is 0.764. The fourth-order valence-corrected chi connectivity index (χ4v) is 5.52. The van der Waals surface area contributed by atoms with E-state index in [9.17, 15) is 9.59 Å². The van der Waals surface area contributed by atoms with E-state index in [-0.39, 0.29) is 18.7 Å². The Labute approximate surface area is 170 Å². The second kappa shape index (κ2) is 6.11.